The predicted molar refractivity (Wildman–Crippen MR) is 131 cm³/mol. The summed E-state index contributed by atoms with van der Waals surface area (Å²) in [6, 6.07) is 18.9. The molecule has 3 rings (SSSR count). The second kappa shape index (κ2) is 14.4. The molecule has 204 valence electrons. The number of hydrogen-bond donors (Lipinski definition) is 3. The van der Waals surface area contributed by atoms with Crippen LogP contribution in [0, 0.1) is 6.92 Å². The van der Waals surface area contributed by atoms with Gasteiger partial charge in [0.15, 0.2) is 6.61 Å². The Morgan fingerprint density at radius 2 is 1.43 bits per heavy atom. The van der Waals surface area contributed by atoms with E-state index in [1.54, 1.807) is 42.5 Å². The minimum atomic E-state index is -4.88. The molecule has 0 aromatic heterocycles. The standard InChI is InChI=1S/C11H10F6O3S2.C6H6OS.C6H6O/c1-7-2-3-9(8(4-7)21-6-11(15,16)17)22(18,19)20-5-10(12,13)14;7-5-3-1-2-4-6(5)8;7-6-4-2-1-3-5-6/h2-4H,5-6H2,1H3;1-4,7-8H;1-5,7H. The van der Waals surface area contributed by atoms with Gasteiger partial charge in [-0.2, -0.15) is 34.8 Å². The molecule has 0 aliphatic carbocycles. The fourth-order valence-corrected chi connectivity index (χ4v) is 4.59. The molecule has 0 atom stereocenters. The number of thioether (sulfide) groups is 1. The van der Waals surface area contributed by atoms with Gasteiger partial charge in [0, 0.05) is 9.79 Å². The molecule has 0 aliphatic rings. The minimum Gasteiger partial charge on any atom is -0.508 e. The van der Waals surface area contributed by atoms with E-state index in [4.69, 9.17) is 10.2 Å². The molecule has 5 nitrogen and oxygen atoms in total. The number of phenols is 2. The molecule has 37 heavy (non-hydrogen) atoms. The van der Waals surface area contributed by atoms with Crippen LogP contribution in [0.1, 0.15) is 5.56 Å². The van der Waals surface area contributed by atoms with Crippen molar-refractivity contribution in [3.05, 3.63) is 78.4 Å². The first-order chi connectivity index (χ1) is 17.0. The molecule has 0 radical (unpaired) electrons. The van der Waals surface area contributed by atoms with Crippen LogP contribution in [0.15, 0.2) is 87.5 Å². The molecule has 3 aromatic carbocycles. The van der Waals surface area contributed by atoms with Crippen molar-refractivity contribution in [3.8, 4) is 11.5 Å². The Labute approximate surface area is 219 Å². The summed E-state index contributed by atoms with van der Waals surface area (Å²) >= 11 is 4.11. The number of alkyl halides is 6. The minimum absolute atomic E-state index is 0.163. The number of phenolic OH excluding ortho intramolecular Hbond substituents is 2. The lowest BCUT2D eigenvalue weighted by Crippen LogP contribution is -2.21. The maximum atomic E-state index is 12.2. The summed E-state index contributed by atoms with van der Waals surface area (Å²) in [7, 11) is -4.82. The number of hydrogen-bond acceptors (Lipinski definition) is 7. The molecule has 0 saturated carbocycles. The molecule has 14 heteroatoms. The Bertz CT molecular complexity index is 1200. The Hall–Kier alpha value is -2.55. The van der Waals surface area contributed by atoms with E-state index in [1.165, 1.54) is 13.0 Å². The van der Waals surface area contributed by atoms with E-state index >= 15 is 0 Å². The van der Waals surface area contributed by atoms with Gasteiger partial charge >= 0.3 is 12.4 Å². The van der Waals surface area contributed by atoms with Crippen LogP contribution >= 0.6 is 24.4 Å². The molecule has 0 fully saturated rings. The van der Waals surface area contributed by atoms with Crippen LogP contribution in [0.4, 0.5) is 26.3 Å². The van der Waals surface area contributed by atoms with Gasteiger partial charge in [-0.05, 0) is 48.9 Å². The average molecular weight is 589 g/mol. The highest BCUT2D eigenvalue weighted by Crippen LogP contribution is 2.33. The van der Waals surface area contributed by atoms with Crippen molar-refractivity contribution >= 4 is 34.5 Å². The van der Waals surface area contributed by atoms with Gasteiger partial charge in [-0.15, -0.1) is 24.4 Å². The maximum absolute atomic E-state index is 12.2. The highest BCUT2D eigenvalue weighted by Gasteiger charge is 2.33. The highest BCUT2D eigenvalue weighted by molar-refractivity contribution is 8.00. The van der Waals surface area contributed by atoms with Gasteiger partial charge in [0.2, 0.25) is 0 Å². The second-order valence-corrected chi connectivity index (χ2v) is 10.1. The van der Waals surface area contributed by atoms with Crippen LogP contribution in [0.2, 0.25) is 0 Å². The molecule has 0 heterocycles. The first-order valence-electron chi connectivity index (χ1n) is 9.97. The Balaban J connectivity index is 0.000000366. The van der Waals surface area contributed by atoms with E-state index in [1.807, 2.05) is 12.1 Å². The number of benzene rings is 3. The summed E-state index contributed by atoms with van der Waals surface area (Å²) in [5.74, 6) is -0.823. The number of aryl methyl sites for hydroxylation is 1. The van der Waals surface area contributed by atoms with E-state index in [2.05, 4.69) is 16.8 Å². The molecule has 0 bridgehead atoms. The average Bonchev–Trinajstić information content (AvgIpc) is 2.79. The zero-order chi connectivity index (χ0) is 28.3. The summed E-state index contributed by atoms with van der Waals surface area (Å²) in [5, 5.41) is 17.5. The summed E-state index contributed by atoms with van der Waals surface area (Å²) in [6.45, 7) is -0.544. The van der Waals surface area contributed by atoms with Crippen molar-refractivity contribution in [1.82, 2.24) is 0 Å². The van der Waals surface area contributed by atoms with Crippen LogP contribution in [0.3, 0.4) is 0 Å². The Morgan fingerprint density at radius 1 is 0.865 bits per heavy atom. The van der Waals surface area contributed by atoms with Gasteiger partial charge in [0.25, 0.3) is 10.1 Å². The Morgan fingerprint density at radius 3 is 1.86 bits per heavy atom. The van der Waals surface area contributed by atoms with Crippen LogP contribution in [-0.4, -0.2) is 43.3 Å². The third-order valence-electron chi connectivity index (χ3n) is 3.78. The highest BCUT2D eigenvalue weighted by atomic mass is 32.2. The topological polar surface area (TPSA) is 83.8 Å². The van der Waals surface area contributed by atoms with Gasteiger partial charge in [-0.3, -0.25) is 4.18 Å². The van der Waals surface area contributed by atoms with E-state index in [0.717, 1.165) is 12.1 Å². The van der Waals surface area contributed by atoms with Crippen LogP contribution in [-0.2, 0) is 14.3 Å². The lowest BCUT2D eigenvalue weighted by Gasteiger charge is -2.13. The van der Waals surface area contributed by atoms with Gasteiger partial charge in [0.05, 0.1) is 5.75 Å². The van der Waals surface area contributed by atoms with Crippen LogP contribution in [0.5, 0.6) is 11.5 Å². The van der Waals surface area contributed by atoms with Gasteiger partial charge in [0.1, 0.15) is 16.4 Å². The summed E-state index contributed by atoms with van der Waals surface area (Å²) in [6.07, 6.45) is -9.43. The smallest absolute Gasteiger partial charge is 0.413 e. The van der Waals surface area contributed by atoms with Crippen molar-refractivity contribution < 1.29 is 49.2 Å². The normalized spacial score (nSPS) is 11.6. The van der Waals surface area contributed by atoms with Crippen molar-refractivity contribution in [2.45, 2.75) is 34.0 Å². The molecule has 0 spiro atoms. The van der Waals surface area contributed by atoms with Gasteiger partial charge in [-0.25, -0.2) is 0 Å². The molecule has 3 aromatic rings. The van der Waals surface area contributed by atoms with Crippen molar-refractivity contribution in [1.29, 1.82) is 0 Å². The zero-order valence-corrected chi connectivity index (χ0v) is 21.5. The SMILES string of the molecule is Cc1ccc(S(=O)(=O)OCC(F)(F)F)c(SCC(F)(F)F)c1.Oc1ccccc1.Oc1ccccc1S. The largest absolute Gasteiger partial charge is 0.508 e. The fraction of sp³-hybridized carbons (Fsp3) is 0.217. The predicted octanol–water partition coefficient (Wildman–Crippen LogP) is 6.99. The molecule has 0 saturated heterocycles. The summed E-state index contributed by atoms with van der Waals surface area (Å²) in [5.41, 5.74) is 0.458. The third-order valence-corrected chi connectivity index (χ3v) is 6.73. The molecule has 2 N–H and O–H groups in total. The van der Waals surface area contributed by atoms with E-state index in [-0.39, 0.29) is 22.4 Å². The summed E-state index contributed by atoms with van der Waals surface area (Å²) in [4.78, 5) is -0.427. The van der Waals surface area contributed by atoms with E-state index in [9.17, 15) is 34.8 Å². The molecule has 0 aliphatic heterocycles. The van der Waals surface area contributed by atoms with E-state index < -0.39 is 39.7 Å². The maximum Gasteiger partial charge on any atom is 0.413 e. The molecular formula is C23H22F6O5S3. The molecular weight excluding hydrogens is 566 g/mol. The van der Waals surface area contributed by atoms with Gasteiger partial charge in [-0.1, -0.05) is 36.4 Å². The van der Waals surface area contributed by atoms with Crippen molar-refractivity contribution in [3.63, 3.8) is 0 Å². The van der Waals surface area contributed by atoms with Crippen molar-refractivity contribution in [2.75, 3.05) is 12.4 Å². The van der Waals surface area contributed by atoms with E-state index in [0.29, 0.717) is 16.2 Å². The first kappa shape index (κ1) is 32.5. The van der Waals surface area contributed by atoms with Crippen molar-refractivity contribution in [2.24, 2.45) is 0 Å². The number of rotatable bonds is 5. The number of thiol groups is 1. The van der Waals surface area contributed by atoms with Gasteiger partial charge < -0.3 is 10.2 Å². The molecule has 0 unspecified atom stereocenters. The zero-order valence-electron chi connectivity index (χ0n) is 19.0. The quantitative estimate of drug-likeness (QED) is 0.129. The lowest BCUT2D eigenvalue weighted by atomic mass is 10.2. The second-order valence-electron chi connectivity index (χ2n) is 7.01. The third kappa shape index (κ3) is 14.1. The van der Waals surface area contributed by atoms with Crippen LogP contribution < -0.4 is 0 Å². The number of aromatic hydroxyl groups is 2. The van der Waals surface area contributed by atoms with Crippen LogP contribution in [0.25, 0.3) is 0 Å². The number of halogens is 6. The number of para-hydroxylation sites is 2. The summed E-state index contributed by atoms with van der Waals surface area (Å²) < 4.78 is 100. The monoisotopic (exact) mass is 588 g/mol. The molecule has 0 amide bonds. The fourth-order valence-electron chi connectivity index (χ4n) is 2.19. The lowest BCUT2D eigenvalue weighted by molar-refractivity contribution is -0.152. The first-order valence-corrected chi connectivity index (χ1v) is 12.8. The Kier molecular flexibility index (Phi) is 12.6.